The number of anilines is 2. The number of hydrogen-bond donors (Lipinski definition) is 2. The van der Waals surface area contributed by atoms with Crippen molar-refractivity contribution in [1.82, 2.24) is 4.98 Å². The van der Waals surface area contributed by atoms with Crippen LogP contribution < -0.4 is 15.8 Å². The summed E-state index contributed by atoms with van der Waals surface area (Å²) in [6, 6.07) is 14.7. The largest absolute Gasteiger partial charge is 0.497 e. The van der Waals surface area contributed by atoms with E-state index in [0.717, 1.165) is 16.9 Å². The Labute approximate surface area is 206 Å². The predicted octanol–water partition coefficient (Wildman–Crippen LogP) is 6.23. The highest BCUT2D eigenvalue weighted by molar-refractivity contribution is 7.21. The molecule has 0 atom stereocenters. The van der Waals surface area contributed by atoms with Crippen molar-refractivity contribution in [3.63, 3.8) is 0 Å². The first-order valence-electron chi connectivity index (χ1n) is 10.7. The number of nitrogens with zero attached hydrogens (tertiary/aromatic N) is 1. The number of ketones is 1. The summed E-state index contributed by atoms with van der Waals surface area (Å²) in [6.45, 7) is 3.63. The zero-order valence-corrected chi connectivity index (χ0v) is 20.6. The molecule has 0 aliphatic heterocycles. The molecule has 0 fully saturated rings. The molecule has 6 nitrogen and oxygen atoms in total. The number of pyridine rings is 1. The molecule has 0 saturated carbocycles. The number of carbonyl (C=O) groups is 2. The Kier molecular flexibility index (Phi) is 6.86. The van der Waals surface area contributed by atoms with Gasteiger partial charge in [0.15, 0.2) is 5.78 Å². The number of ether oxygens (including phenoxy) is 1. The molecule has 0 radical (unpaired) electrons. The number of amides is 1. The Bertz CT molecular complexity index is 1410. The number of benzene rings is 2. The minimum absolute atomic E-state index is 0.0270. The average molecular weight is 494 g/mol. The number of rotatable bonds is 7. The molecule has 0 aliphatic carbocycles. The molecule has 4 rings (SSSR count). The van der Waals surface area contributed by atoms with Crippen molar-refractivity contribution in [2.45, 2.75) is 26.7 Å². The van der Waals surface area contributed by atoms with E-state index < -0.39 is 0 Å². The van der Waals surface area contributed by atoms with Gasteiger partial charge in [0.1, 0.15) is 15.5 Å². The van der Waals surface area contributed by atoms with Gasteiger partial charge in [-0.1, -0.05) is 29.8 Å². The number of Topliss-reactive ketones (excluding diaryl/α,β-unsaturated/α-hetero) is 1. The maximum absolute atomic E-state index is 13.0. The molecule has 174 valence electrons. The molecule has 0 bridgehead atoms. The monoisotopic (exact) mass is 493 g/mol. The fourth-order valence-electron chi connectivity index (χ4n) is 3.72. The molecule has 0 saturated heterocycles. The van der Waals surface area contributed by atoms with Crippen LogP contribution in [0.5, 0.6) is 5.75 Å². The number of fused-ring (bicyclic) bond motifs is 1. The number of carbonyl (C=O) groups excluding carboxylic acids is 2. The van der Waals surface area contributed by atoms with E-state index in [1.54, 1.807) is 38.3 Å². The van der Waals surface area contributed by atoms with Gasteiger partial charge in [-0.25, -0.2) is 4.98 Å². The standard InChI is InChI=1S/C26H24ClN3O3S/c1-14-20(27)8-5-9-21(14)30-25(32)24-23(28)19-13-18(15(2)29-26(19)34-24)22(31)11-10-16-6-4-7-17(12-16)33-3/h4-9,12-13H,10-11,28H2,1-3H3,(H,30,32). The van der Waals surface area contributed by atoms with Crippen LogP contribution in [-0.4, -0.2) is 23.8 Å². The van der Waals surface area contributed by atoms with Gasteiger partial charge < -0.3 is 15.8 Å². The van der Waals surface area contributed by atoms with Crippen molar-refractivity contribution < 1.29 is 14.3 Å². The summed E-state index contributed by atoms with van der Waals surface area (Å²) in [5.41, 5.74) is 10.2. The molecule has 3 N–H and O–H groups in total. The van der Waals surface area contributed by atoms with Crippen LogP contribution in [-0.2, 0) is 6.42 Å². The van der Waals surface area contributed by atoms with Crippen LogP contribution in [0.4, 0.5) is 11.4 Å². The van der Waals surface area contributed by atoms with E-state index in [-0.39, 0.29) is 11.7 Å². The number of nitrogen functional groups attached to an aromatic ring is 1. The lowest BCUT2D eigenvalue weighted by Gasteiger charge is -2.09. The second-order valence-electron chi connectivity index (χ2n) is 7.96. The lowest BCUT2D eigenvalue weighted by atomic mass is 10.0. The molecular weight excluding hydrogens is 470 g/mol. The van der Waals surface area contributed by atoms with Crippen molar-refractivity contribution in [2.24, 2.45) is 0 Å². The van der Waals surface area contributed by atoms with E-state index in [2.05, 4.69) is 10.3 Å². The molecule has 1 amide bonds. The summed E-state index contributed by atoms with van der Waals surface area (Å²) in [4.78, 5) is 31.5. The molecule has 2 heterocycles. The van der Waals surface area contributed by atoms with Crippen molar-refractivity contribution >= 4 is 56.2 Å². The molecule has 8 heteroatoms. The van der Waals surface area contributed by atoms with Gasteiger partial charge in [0, 0.05) is 33.8 Å². The number of methoxy groups -OCH3 is 1. The second kappa shape index (κ2) is 9.83. The number of aromatic nitrogens is 1. The highest BCUT2D eigenvalue weighted by atomic mass is 35.5. The van der Waals surface area contributed by atoms with Crippen LogP contribution in [0.1, 0.15) is 43.3 Å². The molecular formula is C26H24ClN3O3S. The second-order valence-corrected chi connectivity index (χ2v) is 9.37. The van der Waals surface area contributed by atoms with Crippen LogP contribution in [0.2, 0.25) is 5.02 Å². The van der Waals surface area contributed by atoms with Crippen molar-refractivity contribution in [3.05, 3.63) is 80.8 Å². The van der Waals surface area contributed by atoms with Gasteiger partial charge in [0.2, 0.25) is 0 Å². The fraction of sp³-hybridized carbons (Fsp3) is 0.192. The van der Waals surface area contributed by atoms with Crippen LogP contribution in [0.3, 0.4) is 0 Å². The number of thiophene rings is 1. The third-order valence-electron chi connectivity index (χ3n) is 5.71. The topological polar surface area (TPSA) is 94.3 Å². The Morgan fingerprint density at radius 2 is 1.91 bits per heavy atom. The summed E-state index contributed by atoms with van der Waals surface area (Å²) >= 11 is 7.37. The van der Waals surface area contributed by atoms with E-state index in [1.807, 2.05) is 31.2 Å². The molecule has 2 aromatic heterocycles. The number of aryl methyl sites for hydroxylation is 2. The van der Waals surface area contributed by atoms with Gasteiger partial charge in [-0.3, -0.25) is 9.59 Å². The van der Waals surface area contributed by atoms with Crippen LogP contribution in [0.15, 0.2) is 48.5 Å². The van der Waals surface area contributed by atoms with Gasteiger partial charge in [-0.15, -0.1) is 11.3 Å². The zero-order valence-electron chi connectivity index (χ0n) is 19.1. The maximum atomic E-state index is 13.0. The van der Waals surface area contributed by atoms with Gasteiger partial charge in [0.05, 0.1) is 12.8 Å². The first kappa shape index (κ1) is 23.7. The fourth-order valence-corrected chi connectivity index (χ4v) is 4.91. The van der Waals surface area contributed by atoms with Gasteiger partial charge >= 0.3 is 0 Å². The van der Waals surface area contributed by atoms with Crippen LogP contribution in [0.25, 0.3) is 10.2 Å². The molecule has 0 unspecified atom stereocenters. The quantitative estimate of drug-likeness (QED) is 0.298. The van der Waals surface area contributed by atoms with Gasteiger partial charge in [0.25, 0.3) is 5.91 Å². The molecule has 0 aliphatic rings. The van der Waals surface area contributed by atoms with Gasteiger partial charge in [-0.05, 0) is 61.7 Å². The van der Waals surface area contributed by atoms with Crippen molar-refractivity contribution in [1.29, 1.82) is 0 Å². The van der Waals surface area contributed by atoms with Crippen molar-refractivity contribution in [2.75, 3.05) is 18.2 Å². The van der Waals surface area contributed by atoms with E-state index in [9.17, 15) is 9.59 Å². The third kappa shape index (κ3) is 4.76. The smallest absolute Gasteiger partial charge is 0.267 e. The van der Waals surface area contributed by atoms with E-state index >= 15 is 0 Å². The Balaban J connectivity index is 1.58. The van der Waals surface area contributed by atoms with E-state index in [4.69, 9.17) is 22.1 Å². The first-order valence-corrected chi connectivity index (χ1v) is 11.9. The number of nitrogens with two attached hydrogens (primary N) is 1. The molecule has 4 aromatic rings. The van der Waals surface area contributed by atoms with Gasteiger partial charge in [-0.2, -0.15) is 0 Å². The highest BCUT2D eigenvalue weighted by Crippen LogP contribution is 2.35. The minimum atomic E-state index is -0.338. The average Bonchev–Trinajstić information content (AvgIpc) is 3.15. The number of halogens is 1. The Hall–Kier alpha value is -3.42. The van der Waals surface area contributed by atoms with E-state index in [1.165, 1.54) is 11.3 Å². The lowest BCUT2D eigenvalue weighted by Crippen LogP contribution is -2.12. The summed E-state index contributed by atoms with van der Waals surface area (Å²) in [5.74, 6) is 0.393. The highest BCUT2D eigenvalue weighted by Gasteiger charge is 2.21. The normalized spacial score (nSPS) is 10.9. The molecule has 2 aromatic carbocycles. The predicted molar refractivity (Wildman–Crippen MR) is 139 cm³/mol. The number of hydrogen-bond acceptors (Lipinski definition) is 6. The SMILES string of the molecule is COc1cccc(CCC(=O)c2cc3c(N)c(C(=O)Nc4cccc(Cl)c4C)sc3nc2C)c1. The molecule has 34 heavy (non-hydrogen) atoms. The summed E-state index contributed by atoms with van der Waals surface area (Å²) in [7, 11) is 1.62. The molecule has 0 spiro atoms. The Morgan fingerprint density at radius 3 is 2.68 bits per heavy atom. The van der Waals surface area contributed by atoms with Crippen molar-refractivity contribution in [3.8, 4) is 5.75 Å². The minimum Gasteiger partial charge on any atom is -0.497 e. The lowest BCUT2D eigenvalue weighted by molar-refractivity contribution is 0.0980. The number of nitrogens with one attached hydrogen (secondary N) is 1. The van der Waals surface area contributed by atoms with Crippen LogP contribution in [0, 0.1) is 13.8 Å². The third-order valence-corrected chi connectivity index (χ3v) is 7.23. The van der Waals surface area contributed by atoms with Crippen LogP contribution >= 0.6 is 22.9 Å². The Morgan fingerprint density at radius 1 is 1.15 bits per heavy atom. The summed E-state index contributed by atoms with van der Waals surface area (Å²) in [6.07, 6.45) is 0.909. The van der Waals surface area contributed by atoms with E-state index in [0.29, 0.717) is 55.6 Å². The first-order chi connectivity index (χ1) is 16.3. The summed E-state index contributed by atoms with van der Waals surface area (Å²) in [5, 5.41) is 4.04. The maximum Gasteiger partial charge on any atom is 0.267 e. The summed E-state index contributed by atoms with van der Waals surface area (Å²) < 4.78 is 5.25. The zero-order chi connectivity index (χ0) is 24.4.